The molecule has 0 aromatic heterocycles. The van der Waals surface area contributed by atoms with Crippen molar-refractivity contribution >= 4 is 0 Å². The van der Waals surface area contributed by atoms with Gasteiger partial charge in [0.15, 0.2) is 0 Å². The van der Waals surface area contributed by atoms with Crippen molar-refractivity contribution in [3.8, 4) is 0 Å². The molecule has 16 heavy (non-hydrogen) atoms. The van der Waals surface area contributed by atoms with Crippen molar-refractivity contribution in [2.24, 2.45) is 0 Å². The highest BCUT2D eigenvalue weighted by atomic mass is 14.0. The molecule has 0 saturated carbocycles. The molecule has 0 unspecified atom stereocenters. The van der Waals surface area contributed by atoms with E-state index in [1.165, 1.54) is 83.5 Å². The summed E-state index contributed by atoms with van der Waals surface area (Å²) in [6, 6.07) is 0. The number of rotatable bonds is 12. The van der Waals surface area contributed by atoms with E-state index in [2.05, 4.69) is 13.8 Å². The van der Waals surface area contributed by atoms with Crippen LogP contribution >= 0.6 is 0 Å². The second-order valence-electron chi connectivity index (χ2n) is 4.89. The van der Waals surface area contributed by atoms with E-state index in [0.29, 0.717) is 0 Å². The zero-order chi connectivity index (χ0) is 11.2. The molecule has 0 bridgehead atoms. The molecule has 0 atom stereocenters. The van der Waals surface area contributed by atoms with Crippen LogP contribution in [0.15, 0.2) is 0 Å². The average Bonchev–Trinajstić information content (AvgIpc) is 2.26. The van der Waals surface area contributed by atoms with Gasteiger partial charge in [-0.3, -0.25) is 0 Å². The van der Waals surface area contributed by atoms with Crippen molar-refractivity contribution in [2.45, 2.75) is 97.3 Å². The molecule has 0 aromatic rings. The second-order valence-corrected chi connectivity index (χ2v) is 4.89. The summed E-state index contributed by atoms with van der Waals surface area (Å²) in [4.78, 5) is 0. The van der Waals surface area contributed by atoms with Crippen LogP contribution in [0.2, 0.25) is 0 Å². The van der Waals surface area contributed by atoms with E-state index < -0.39 is 0 Å². The van der Waals surface area contributed by atoms with Crippen LogP contribution in [-0.4, -0.2) is 0 Å². The van der Waals surface area contributed by atoms with Gasteiger partial charge in [0.05, 0.1) is 0 Å². The minimum absolute atomic E-state index is 0. The SMILES string of the molecule is CCCCCCCCCCCCCCC.N. The molecule has 0 radical (unpaired) electrons. The fourth-order valence-electron chi connectivity index (χ4n) is 2.09. The molecule has 0 aliphatic carbocycles. The fourth-order valence-corrected chi connectivity index (χ4v) is 2.09. The maximum Gasteiger partial charge on any atom is -0.0533 e. The lowest BCUT2D eigenvalue weighted by Crippen LogP contribution is -1.82. The Morgan fingerprint density at radius 2 is 0.562 bits per heavy atom. The van der Waals surface area contributed by atoms with Gasteiger partial charge in [-0.1, -0.05) is 97.3 Å². The third kappa shape index (κ3) is 16.4. The first-order chi connectivity index (χ1) is 7.41. The summed E-state index contributed by atoms with van der Waals surface area (Å²) in [6.45, 7) is 4.58. The highest BCUT2D eigenvalue weighted by Gasteiger charge is 1.92. The number of hydrogen-bond acceptors (Lipinski definition) is 1. The zero-order valence-electron chi connectivity index (χ0n) is 11.9. The Labute approximate surface area is 104 Å². The van der Waals surface area contributed by atoms with Crippen LogP contribution in [0.4, 0.5) is 0 Å². The largest absolute Gasteiger partial charge is 0.344 e. The number of hydrogen-bond donors (Lipinski definition) is 1. The molecule has 0 heterocycles. The van der Waals surface area contributed by atoms with Crippen molar-refractivity contribution < 1.29 is 0 Å². The maximum absolute atomic E-state index is 2.29. The van der Waals surface area contributed by atoms with Gasteiger partial charge >= 0.3 is 0 Å². The molecular weight excluding hydrogens is 194 g/mol. The Morgan fingerprint density at radius 1 is 0.375 bits per heavy atom. The fraction of sp³-hybridized carbons (Fsp3) is 1.00. The molecule has 0 saturated heterocycles. The molecule has 0 fully saturated rings. The van der Waals surface area contributed by atoms with Crippen molar-refractivity contribution in [1.82, 2.24) is 6.15 Å². The van der Waals surface area contributed by atoms with Gasteiger partial charge in [-0.05, 0) is 0 Å². The summed E-state index contributed by atoms with van der Waals surface area (Å²) in [6.07, 6.45) is 18.9. The summed E-state index contributed by atoms with van der Waals surface area (Å²) < 4.78 is 0. The van der Waals surface area contributed by atoms with Crippen LogP contribution in [0, 0.1) is 0 Å². The van der Waals surface area contributed by atoms with Crippen molar-refractivity contribution in [1.29, 1.82) is 0 Å². The van der Waals surface area contributed by atoms with Gasteiger partial charge in [-0.15, -0.1) is 0 Å². The molecule has 0 aliphatic rings. The molecule has 3 N–H and O–H groups in total. The van der Waals surface area contributed by atoms with Gasteiger partial charge in [0.2, 0.25) is 0 Å². The van der Waals surface area contributed by atoms with Gasteiger partial charge in [0.1, 0.15) is 0 Å². The molecular formula is C15H35N. The van der Waals surface area contributed by atoms with Crippen molar-refractivity contribution in [3.05, 3.63) is 0 Å². The van der Waals surface area contributed by atoms with Crippen molar-refractivity contribution in [3.63, 3.8) is 0 Å². The standard InChI is InChI=1S/C15H32.H3N/c1-3-5-7-9-11-13-15-14-12-10-8-6-4-2;/h3-15H2,1-2H3;1H3. The van der Waals surface area contributed by atoms with Crippen molar-refractivity contribution in [2.75, 3.05) is 0 Å². The summed E-state index contributed by atoms with van der Waals surface area (Å²) in [5.74, 6) is 0. The van der Waals surface area contributed by atoms with Gasteiger partial charge in [0.25, 0.3) is 0 Å². The first kappa shape index (κ1) is 18.3. The molecule has 0 aromatic carbocycles. The Morgan fingerprint density at radius 3 is 0.750 bits per heavy atom. The monoisotopic (exact) mass is 229 g/mol. The smallest absolute Gasteiger partial charge is 0.0533 e. The molecule has 0 amide bonds. The third-order valence-corrected chi connectivity index (χ3v) is 3.21. The molecule has 0 aliphatic heterocycles. The predicted molar refractivity (Wildman–Crippen MR) is 76.4 cm³/mol. The second kappa shape index (κ2) is 17.4. The Kier molecular flexibility index (Phi) is 19.9. The average molecular weight is 229 g/mol. The van der Waals surface area contributed by atoms with Gasteiger partial charge < -0.3 is 6.15 Å². The molecule has 1 nitrogen and oxygen atoms in total. The minimum Gasteiger partial charge on any atom is -0.344 e. The normalized spacial score (nSPS) is 10.1. The van der Waals surface area contributed by atoms with Gasteiger partial charge in [0, 0.05) is 0 Å². The highest BCUT2D eigenvalue weighted by molar-refractivity contribution is 4.47. The quantitative estimate of drug-likeness (QED) is 0.394. The van der Waals surface area contributed by atoms with E-state index in [4.69, 9.17) is 0 Å². The first-order valence-corrected chi connectivity index (χ1v) is 7.41. The third-order valence-electron chi connectivity index (χ3n) is 3.21. The lowest BCUT2D eigenvalue weighted by molar-refractivity contribution is 0.542. The van der Waals surface area contributed by atoms with Crippen LogP contribution in [0.3, 0.4) is 0 Å². The first-order valence-electron chi connectivity index (χ1n) is 7.41. The van der Waals surface area contributed by atoms with E-state index >= 15 is 0 Å². The van der Waals surface area contributed by atoms with Crippen LogP contribution < -0.4 is 6.15 Å². The summed E-state index contributed by atoms with van der Waals surface area (Å²) in [5, 5.41) is 0. The van der Waals surface area contributed by atoms with Crippen LogP contribution in [0.5, 0.6) is 0 Å². The summed E-state index contributed by atoms with van der Waals surface area (Å²) in [7, 11) is 0. The van der Waals surface area contributed by atoms with Crippen LogP contribution in [0.1, 0.15) is 97.3 Å². The number of unbranched alkanes of at least 4 members (excludes halogenated alkanes) is 12. The molecule has 0 spiro atoms. The van der Waals surface area contributed by atoms with E-state index in [1.54, 1.807) is 0 Å². The maximum atomic E-state index is 2.29. The minimum atomic E-state index is 0. The Bertz CT molecular complexity index is 89.6. The summed E-state index contributed by atoms with van der Waals surface area (Å²) >= 11 is 0. The molecule has 1 heteroatoms. The molecule has 0 rings (SSSR count). The van der Waals surface area contributed by atoms with Gasteiger partial charge in [-0.25, -0.2) is 0 Å². The lowest BCUT2D eigenvalue weighted by atomic mass is 10.1. The zero-order valence-corrected chi connectivity index (χ0v) is 11.9. The topological polar surface area (TPSA) is 35.0 Å². The van der Waals surface area contributed by atoms with Crippen LogP contribution in [0.25, 0.3) is 0 Å². The summed E-state index contributed by atoms with van der Waals surface area (Å²) in [5.41, 5.74) is 0. The van der Waals surface area contributed by atoms with E-state index in [9.17, 15) is 0 Å². The van der Waals surface area contributed by atoms with E-state index in [0.717, 1.165) is 0 Å². The van der Waals surface area contributed by atoms with Crippen LogP contribution in [-0.2, 0) is 0 Å². The highest BCUT2D eigenvalue weighted by Crippen LogP contribution is 2.12. The van der Waals surface area contributed by atoms with E-state index in [-0.39, 0.29) is 6.15 Å². The Hall–Kier alpha value is -0.0400. The molecule has 100 valence electrons. The predicted octanol–water partition coefficient (Wildman–Crippen LogP) is 6.26. The van der Waals surface area contributed by atoms with Gasteiger partial charge in [-0.2, -0.15) is 0 Å². The van der Waals surface area contributed by atoms with E-state index in [1.807, 2.05) is 0 Å². The lowest BCUT2D eigenvalue weighted by Gasteiger charge is -2.01. The Balaban J connectivity index is 0.